The molecule has 5 nitrogen and oxygen atoms in total. The van der Waals surface area contributed by atoms with Gasteiger partial charge in [-0.15, -0.1) is 0 Å². The van der Waals surface area contributed by atoms with E-state index in [9.17, 15) is 9.59 Å². The van der Waals surface area contributed by atoms with Crippen LogP contribution < -0.4 is 10.1 Å². The minimum absolute atomic E-state index is 0.0734. The van der Waals surface area contributed by atoms with Crippen LogP contribution in [-0.2, 0) is 16.1 Å². The van der Waals surface area contributed by atoms with Crippen LogP contribution in [-0.4, -0.2) is 35.9 Å². The van der Waals surface area contributed by atoms with Gasteiger partial charge in [0.05, 0.1) is 6.61 Å². The zero-order valence-corrected chi connectivity index (χ0v) is 17.8. The largest absolute Gasteiger partial charge is 0.494 e. The number of carbonyl (C=O) groups excluding carboxylic acids is 2. The Labute approximate surface area is 178 Å². The SMILES string of the molecule is CCCNC(=O)[C@@H](C)N(Cc1ccc(Cl)cc1)C(=O)CCCOc1ccccc1. The normalized spacial score (nSPS) is 11.6. The van der Waals surface area contributed by atoms with E-state index in [1.165, 1.54) is 0 Å². The fourth-order valence-corrected chi connectivity index (χ4v) is 2.96. The Kier molecular flexibility index (Phi) is 9.51. The number of hydrogen-bond donors (Lipinski definition) is 1. The fourth-order valence-electron chi connectivity index (χ4n) is 2.84. The van der Waals surface area contributed by atoms with Gasteiger partial charge in [0.2, 0.25) is 11.8 Å². The summed E-state index contributed by atoms with van der Waals surface area (Å²) in [4.78, 5) is 27.0. The van der Waals surface area contributed by atoms with E-state index in [4.69, 9.17) is 16.3 Å². The first-order valence-electron chi connectivity index (χ1n) is 10.0. The molecule has 29 heavy (non-hydrogen) atoms. The number of carbonyl (C=O) groups is 2. The highest BCUT2D eigenvalue weighted by molar-refractivity contribution is 6.30. The summed E-state index contributed by atoms with van der Waals surface area (Å²) in [5.41, 5.74) is 0.929. The molecule has 156 valence electrons. The quantitative estimate of drug-likeness (QED) is 0.551. The van der Waals surface area contributed by atoms with Gasteiger partial charge in [0, 0.05) is 24.5 Å². The second-order valence-electron chi connectivity index (χ2n) is 6.88. The summed E-state index contributed by atoms with van der Waals surface area (Å²) in [5, 5.41) is 3.51. The Balaban J connectivity index is 1.97. The van der Waals surface area contributed by atoms with Gasteiger partial charge >= 0.3 is 0 Å². The number of hydrogen-bond acceptors (Lipinski definition) is 3. The van der Waals surface area contributed by atoms with Gasteiger partial charge < -0.3 is 15.0 Å². The monoisotopic (exact) mass is 416 g/mol. The second kappa shape index (κ2) is 12.1. The van der Waals surface area contributed by atoms with E-state index >= 15 is 0 Å². The van der Waals surface area contributed by atoms with E-state index in [0.29, 0.717) is 37.6 Å². The van der Waals surface area contributed by atoms with Crippen LogP contribution >= 0.6 is 11.6 Å². The number of nitrogens with one attached hydrogen (secondary N) is 1. The number of para-hydroxylation sites is 1. The first-order chi connectivity index (χ1) is 14.0. The molecular weight excluding hydrogens is 388 g/mol. The second-order valence-corrected chi connectivity index (χ2v) is 7.32. The van der Waals surface area contributed by atoms with Crippen LogP contribution in [0.1, 0.15) is 38.7 Å². The highest BCUT2D eigenvalue weighted by atomic mass is 35.5. The maximum absolute atomic E-state index is 12.9. The molecule has 0 fully saturated rings. The van der Waals surface area contributed by atoms with Crippen molar-refractivity contribution in [2.24, 2.45) is 0 Å². The van der Waals surface area contributed by atoms with Crippen molar-refractivity contribution in [3.8, 4) is 5.75 Å². The highest BCUT2D eigenvalue weighted by Crippen LogP contribution is 2.15. The molecule has 2 aromatic carbocycles. The number of nitrogens with zero attached hydrogens (tertiary/aromatic N) is 1. The van der Waals surface area contributed by atoms with Gasteiger partial charge in [-0.2, -0.15) is 0 Å². The van der Waals surface area contributed by atoms with Crippen LogP contribution in [0.25, 0.3) is 0 Å². The molecule has 0 spiro atoms. The van der Waals surface area contributed by atoms with Crippen molar-refractivity contribution in [1.82, 2.24) is 10.2 Å². The predicted octanol–water partition coefficient (Wildman–Crippen LogP) is 4.44. The van der Waals surface area contributed by atoms with Crippen molar-refractivity contribution in [2.45, 2.75) is 45.7 Å². The average molecular weight is 417 g/mol. The summed E-state index contributed by atoms with van der Waals surface area (Å²) in [6.07, 6.45) is 1.74. The van der Waals surface area contributed by atoms with Crippen molar-refractivity contribution in [3.63, 3.8) is 0 Å². The smallest absolute Gasteiger partial charge is 0.242 e. The fraction of sp³-hybridized carbons (Fsp3) is 0.391. The Morgan fingerprint density at radius 1 is 1.10 bits per heavy atom. The number of benzene rings is 2. The first kappa shape index (κ1) is 22.8. The third-order valence-electron chi connectivity index (χ3n) is 4.53. The topological polar surface area (TPSA) is 58.6 Å². The third-order valence-corrected chi connectivity index (χ3v) is 4.78. The van der Waals surface area contributed by atoms with E-state index in [1.807, 2.05) is 49.4 Å². The average Bonchev–Trinajstić information content (AvgIpc) is 2.74. The van der Waals surface area contributed by atoms with Crippen molar-refractivity contribution in [3.05, 3.63) is 65.2 Å². The van der Waals surface area contributed by atoms with Gasteiger partial charge in [-0.1, -0.05) is 48.9 Å². The van der Waals surface area contributed by atoms with Crippen LogP contribution in [0.3, 0.4) is 0 Å². The molecule has 0 aromatic heterocycles. The summed E-state index contributed by atoms with van der Waals surface area (Å²) in [5.74, 6) is 0.566. The molecule has 0 saturated carbocycles. The number of rotatable bonds is 11. The Hall–Kier alpha value is -2.53. The van der Waals surface area contributed by atoms with Gasteiger partial charge in [0.15, 0.2) is 0 Å². The first-order valence-corrected chi connectivity index (χ1v) is 10.4. The molecule has 0 aliphatic carbocycles. The number of ether oxygens (including phenoxy) is 1. The molecule has 2 aromatic rings. The van der Waals surface area contributed by atoms with Crippen molar-refractivity contribution >= 4 is 23.4 Å². The van der Waals surface area contributed by atoms with E-state index < -0.39 is 6.04 Å². The van der Waals surface area contributed by atoms with Gasteiger partial charge in [-0.25, -0.2) is 0 Å². The third kappa shape index (κ3) is 7.78. The molecule has 1 atom stereocenters. The molecule has 0 radical (unpaired) electrons. The molecule has 1 N–H and O–H groups in total. The molecule has 0 heterocycles. The lowest BCUT2D eigenvalue weighted by molar-refractivity contribution is -0.140. The number of halogens is 1. The van der Waals surface area contributed by atoms with Gasteiger partial charge in [-0.05, 0) is 49.6 Å². The lowest BCUT2D eigenvalue weighted by Crippen LogP contribution is -2.47. The molecule has 0 bridgehead atoms. The molecule has 6 heteroatoms. The predicted molar refractivity (Wildman–Crippen MR) is 116 cm³/mol. The molecule has 2 rings (SSSR count). The summed E-state index contributed by atoms with van der Waals surface area (Å²) < 4.78 is 5.66. The highest BCUT2D eigenvalue weighted by Gasteiger charge is 2.25. The zero-order chi connectivity index (χ0) is 21.1. The van der Waals surface area contributed by atoms with Gasteiger partial charge in [0.25, 0.3) is 0 Å². The Morgan fingerprint density at radius 2 is 1.79 bits per heavy atom. The maximum atomic E-state index is 12.9. The van der Waals surface area contributed by atoms with E-state index in [-0.39, 0.29) is 11.8 Å². The van der Waals surface area contributed by atoms with E-state index in [1.54, 1.807) is 24.0 Å². The summed E-state index contributed by atoms with van der Waals surface area (Å²) in [7, 11) is 0. The van der Waals surface area contributed by atoms with Crippen LogP contribution in [0.15, 0.2) is 54.6 Å². The van der Waals surface area contributed by atoms with Crippen molar-refractivity contribution in [1.29, 1.82) is 0 Å². The lowest BCUT2D eigenvalue weighted by atomic mass is 10.1. The molecule has 0 saturated heterocycles. The summed E-state index contributed by atoms with van der Waals surface area (Å²) in [6, 6.07) is 16.3. The minimum atomic E-state index is -0.556. The molecule has 2 amide bonds. The van der Waals surface area contributed by atoms with Crippen molar-refractivity contribution < 1.29 is 14.3 Å². The molecule has 0 unspecified atom stereocenters. The van der Waals surface area contributed by atoms with Crippen LogP contribution in [0.4, 0.5) is 0 Å². The van der Waals surface area contributed by atoms with Crippen LogP contribution in [0.5, 0.6) is 5.75 Å². The summed E-state index contributed by atoms with van der Waals surface area (Å²) in [6.45, 7) is 5.15. The summed E-state index contributed by atoms with van der Waals surface area (Å²) >= 11 is 5.96. The number of amides is 2. The molecule has 0 aliphatic rings. The Bertz CT molecular complexity index is 765. The standard InChI is InChI=1S/C23H29ClN2O3/c1-3-15-25-23(28)18(2)26(17-19-11-13-20(24)14-12-19)22(27)10-7-16-29-21-8-5-4-6-9-21/h4-6,8-9,11-14,18H,3,7,10,15-17H2,1-2H3,(H,25,28)/t18-/m1/s1. The van der Waals surface area contributed by atoms with Gasteiger partial charge in [-0.3, -0.25) is 9.59 Å². The molecular formula is C23H29ClN2O3. The maximum Gasteiger partial charge on any atom is 0.242 e. The van der Waals surface area contributed by atoms with Crippen LogP contribution in [0.2, 0.25) is 5.02 Å². The Morgan fingerprint density at radius 3 is 2.45 bits per heavy atom. The lowest BCUT2D eigenvalue weighted by Gasteiger charge is -2.29. The zero-order valence-electron chi connectivity index (χ0n) is 17.1. The minimum Gasteiger partial charge on any atom is -0.494 e. The molecule has 0 aliphatic heterocycles. The van der Waals surface area contributed by atoms with E-state index in [0.717, 1.165) is 17.7 Å². The van der Waals surface area contributed by atoms with E-state index in [2.05, 4.69) is 5.32 Å². The van der Waals surface area contributed by atoms with Crippen molar-refractivity contribution in [2.75, 3.05) is 13.2 Å². The van der Waals surface area contributed by atoms with Crippen LogP contribution in [0, 0.1) is 0 Å². The van der Waals surface area contributed by atoms with Gasteiger partial charge in [0.1, 0.15) is 11.8 Å².